The molecule has 0 spiro atoms. The zero-order valence-corrected chi connectivity index (χ0v) is 10.2. The van der Waals surface area contributed by atoms with E-state index in [1.54, 1.807) is 11.1 Å². The van der Waals surface area contributed by atoms with Crippen LogP contribution in [-0.2, 0) is 10.8 Å². The minimum atomic E-state index is 0.784. The van der Waals surface area contributed by atoms with Crippen molar-refractivity contribution in [3.8, 4) is 0 Å². The summed E-state index contributed by atoms with van der Waals surface area (Å²) in [4.78, 5) is 0. The second-order valence-electron chi connectivity index (χ2n) is 3.96. The molecule has 0 N–H and O–H groups in total. The summed E-state index contributed by atoms with van der Waals surface area (Å²) >= 11 is 2.43. The highest BCUT2D eigenvalue weighted by atomic mass is 127. The molecule has 2 rings (SSSR count). The van der Waals surface area contributed by atoms with Gasteiger partial charge >= 0.3 is 0 Å². The highest BCUT2D eigenvalue weighted by molar-refractivity contribution is 14.1. The van der Waals surface area contributed by atoms with Crippen LogP contribution in [0.4, 0.5) is 0 Å². The van der Waals surface area contributed by atoms with Gasteiger partial charge in [-0.25, -0.2) is 0 Å². The van der Waals surface area contributed by atoms with Crippen molar-refractivity contribution < 1.29 is 0 Å². The van der Waals surface area contributed by atoms with E-state index in [9.17, 15) is 0 Å². The maximum Gasteiger partial charge on any atom is 0.0247 e. The Kier molecular flexibility index (Phi) is 2.92. The van der Waals surface area contributed by atoms with Crippen molar-refractivity contribution >= 4 is 22.6 Å². The van der Waals surface area contributed by atoms with Crippen LogP contribution >= 0.6 is 22.6 Å². The first kappa shape index (κ1) is 9.50. The standard InChI is InChI=1S/C12H15I/c1-9-3-2-4-11-7-10(8-13)5-6-12(9)11/h5-7,9H,2-4,8H2,1H3/t9-/m1/s1. The van der Waals surface area contributed by atoms with E-state index >= 15 is 0 Å². The number of rotatable bonds is 1. The van der Waals surface area contributed by atoms with E-state index in [0.717, 1.165) is 10.3 Å². The average molecular weight is 286 g/mol. The van der Waals surface area contributed by atoms with Crippen molar-refractivity contribution in [3.63, 3.8) is 0 Å². The summed E-state index contributed by atoms with van der Waals surface area (Å²) in [5.41, 5.74) is 4.68. The Morgan fingerprint density at radius 2 is 2.31 bits per heavy atom. The van der Waals surface area contributed by atoms with Gasteiger partial charge in [0.05, 0.1) is 0 Å². The molecule has 0 bridgehead atoms. The van der Waals surface area contributed by atoms with Gasteiger partial charge in [-0.3, -0.25) is 0 Å². The third-order valence-corrected chi connectivity index (χ3v) is 3.86. The molecule has 0 fully saturated rings. The molecule has 0 radical (unpaired) electrons. The van der Waals surface area contributed by atoms with E-state index in [1.807, 2.05) is 0 Å². The number of alkyl halides is 1. The van der Waals surface area contributed by atoms with E-state index in [0.29, 0.717) is 0 Å². The SMILES string of the molecule is C[C@@H]1CCCc2cc(CI)ccc21. The fourth-order valence-electron chi connectivity index (χ4n) is 2.19. The molecule has 0 saturated carbocycles. The predicted octanol–water partition coefficient (Wildman–Crippen LogP) is 4.06. The van der Waals surface area contributed by atoms with Crippen LogP contribution in [-0.4, -0.2) is 0 Å². The molecule has 0 aliphatic heterocycles. The van der Waals surface area contributed by atoms with Crippen molar-refractivity contribution in [1.29, 1.82) is 0 Å². The molecule has 1 atom stereocenters. The van der Waals surface area contributed by atoms with Gasteiger partial charge in [-0.15, -0.1) is 0 Å². The van der Waals surface area contributed by atoms with Gasteiger partial charge < -0.3 is 0 Å². The first-order valence-electron chi connectivity index (χ1n) is 4.99. The van der Waals surface area contributed by atoms with Crippen LogP contribution in [0.25, 0.3) is 0 Å². The molecule has 1 aromatic carbocycles. The molecular weight excluding hydrogens is 271 g/mol. The smallest absolute Gasteiger partial charge is 0.0247 e. The number of hydrogen-bond donors (Lipinski definition) is 0. The molecule has 0 unspecified atom stereocenters. The molecule has 1 aliphatic carbocycles. The maximum atomic E-state index is 2.43. The van der Waals surface area contributed by atoms with Crippen LogP contribution in [0.1, 0.15) is 42.4 Å². The average Bonchev–Trinajstić information content (AvgIpc) is 2.18. The lowest BCUT2D eigenvalue weighted by molar-refractivity contribution is 0.590. The van der Waals surface area contributed by atoms with Crippen molar-refractivity contribution in [2.75, 3.05) is 0 Å². The van der Waals surface area contributed by atoms with Crippen molar-refractivity contribution in [3.05, 3.63) is 34.9 Å². The van der Waals surface area contributed by atoms with E-state index in [1.165, 1.54) is 24.8 Å². The minimum Gasteiger partial charge on any atom is -0.0812 e. The third-order valence-electron chi connectivity index (χ3n) is 2.98. The van der Waals surface area contributed by atoms with Gasteiger partial charge in [-0.05, 0) is 41.9 Å². The Morgan fingerprint density at radius 1 is 1.46 bits per heavy atom. The number of fused-ring (bicyclic) bond motifs is 1. The molecule has 1 heteroatoms. The second-order valence-corrected chi connectivity index (χ2v) is 4.72. The van der Waals surface area contributed by atoms with Crippen LogP contribution < -0.4 is 0 Å². The molecule has 0 saturated heterocycles. The molecule has 1 aliphatic rings. The Hall–Kier alpha value is -0.0500. The molecule has 0 amide bonds. The van der Waals surface area contributed by atoms with E-state index in [-0.39, 0.29) is 0 Å². The van der Waals surface area contributed by atoms with Gasteiger partial charge in [0.1, 0.15) is 0 Å². The third kappa shape index (κ3) is 1.90. The van der Waals surface area contributed by atoms with Crippen molar-refractivity contribution in [2.24, 2.45) is 0 Å². The summed E-state index contributed by atoms with van der Waals surface area (Å²) < 4.78 is 1.14. The number of hydrogen-bond acceptors (Lipinski definition) is 0. The summed E-state index contributed by atoms with van der Waals surface area (Å²) in [5.74, 6) is 0.784. The Morgan fingerprint density at radius 3 is 3.08 bits per heavy atom. The van der Waals surface area contributed by atoms with E-state index < -0.39 is 0 Å². The molecule has 0 heterocycles. The summed E-state index contributed by atoms with van der Waals surface area (Å²) in [6.45, 7) is 2.35. The van der Waals surface area contributed by atoms with Crippen molar-refractivity contribution in [2.45, 2.75) is 36.5 Å². The largest absolute Gasteiger partial charge is 0.0812 e. The first-order valence-corrected chi connectivity index (χ1v) is 6.51. The number of benzene rings is 1. The highest BCUT2D eigenvalue weighted by Crippen LogP contribution is 2.31. The lowest BCUT2D eigenvalue weighted by Crippen LogP contribution is -2.07. The van der Waals surface area contributed by atoms with Gasteiger partial charge in [0, 0.05) is 4.43 Å². The molecule has 70 valence electrons. The Balaban J connectivity index is 2.39. The summed E-state index contributed by atoms with van der Waals surface area (Å²) in [6, 6.07) is 7.03. The van der Waals surface area contributed by atoms with Crippen LogP contribution in [0, 0.1) is 0 Å². The lowest BCUT2D eigenvalue weighted by Gasteiger charge is -2.22. The fraction of sp³-hybridized carbons (Fsp3) is 0.500. The van der Waals surface area contributed by atoms with Gasteiger partial charge in [-0.1, -0.05) is 47.7 Å². The van der Waals surface area contributed by atoms with Crippen LogP contribution in [0.15, 0.2) is 18.2 Å². The van der Waals surface area contributed by atoms with Gasteiger partial charge in [-0.2, -0.15) is 0 Å². The van der Waals surface area contributed by atoms with Crippen LogP contribution in [0.2, 0.25) is 0 Å². The van der Waals surface area contributed by atoms with Crippen LogP contribution in [0.5, 0.6) is 0 Å². The predicted molar refractivity (Wildman–Crippen MR) is 65.5 cm³/mol. The number of halogens is 1. The zero-order valence-electron chi connectivity index (χ0n) is 8.02. The van der Waals surface area contributed by atoms with Gasteiger partial charge in [0.2, 0.25) is 0 Å². The zero-order chi connectivity index (χ0) is 9.26. The maximum absolute atomic E-state index is 2.43. The van der Waals surface area contributed by atoms with Crippen molar-refractivity contribution in [1.82, 2.24) is 0 Å². The van der Waals surface area contributed by atoms with E-state index in [2.05, 4.69) is 47.7 Å². The monoisotopic (exact) mass is 286 g/mol. The quantitative estimate of drug-likeness (QED) is 0.539. The second kappa shape index (κ2) is 3.99. The molecule has 13 heavy (non-hydrogen) atoms. The molecule has 0 aromatic heterocycles. The Bertz CT molecular complexity index is 304. The molecule has 0 nitrogen and oxygen atoms in total. The number of aryl methyl sites for hydroxylation is 1. The Labute approximate surface area is 93.9 Å². The molecule has 1 aromatic rings. The fourth-order valence-corrected chi connectivity index (χ4v) is 2.67. The van der Waals surface area contributed by atoms with Gasteiger partial charge in [0.15, 0.2) is 0 Å². The van der Waals surface area contributed by atoms with Crippen LogP contribution in [0.3, 0.4) is 0 Å². The van der Waals surface area contributed by atoms with E-state index in [4.69, 9.17) is 0 Å². The topological polar surface area (TPSA) is 0 Å². The summed E-state index contributed by atoms with van der Waals surface area (Å²) in [5, 5.41) is 0. The minimum absolute atomic E-state index is 0.784. The summed E-state index contributed by atoms with van der Waals surface area (Å²) in [6.07, 6.45) is 4.04. The summed E-state index contributed by atoms with van der Waals surface area (Å²) in [7, 11) is 0. The van der Waals surface area contributed by atoms with Gasteiger partial charge in [0.25, 0.3) is 0 Å². The molecular formula is C12H15I. The normalized spacial score (nSPS) is 21.2. The highest BCUT2D eigenvalue weighted by Gasteiger charge is 2.15. The lowest BCUT2D eigenvalue weighted by atomic mass is 9.83. The first-order chi connectivity index (χ1) is 6.31.